The van der Waals surface area contributed by atoms with Crippen LogP contribution in [-0.4, -0.2) is 0 Å². The van der Waals surface area contributed by atoms with Gasteiger partial charge in [0.05, 0.1) is 5.69 Å². The third kappa shape index (κ3) is 3.36. The molecule has 1 atom stereocenters. The lowest BCUT2D eigenvalue weighted by atomic mass is 10.0. The molecule has 2 rings (SSSR count). The average molecular weight is 353 g/mol. The van der Waals surface area contributed by atoms with Crippen molar-refractivity contribution in [3.63, 3.8) is 0 Å². The Labute approximate surface area is 134 Å². The normalized spacial score (nSPS) is 12.3. The average Bonchev–Trinajstić information content (AvgIpc) is 2.39. The van der Waals surface area contributed by atoms with Gasteiger partial charge >= 0.3 is 0 Å². The molecule has 0 saturated carbocycles. The zero-order chi connectivity index (χ0) is 14.9. The second-order valence-corrected chi connectivity index (χ2v) is 6.55. The monoisotopic (exact) mass is 351 g/mol. The topological polar surface area (TPSA) is 12.0 Å². The predicted molar refractivity (Wildman–Crippen MR) is 91.8 cm³/mol. The highest BCUT2D eigenvalue weighted by molar-refractivity contribution is 9.10. The van der Waals surface area contributed by atoms with Gasteiger partial charge in [0.15, 0.2) is 0 Å². The summed E-state index contributed by atoms with van der Waals surface area (Å²) in [4.78, 5) is 0. The molecule has 0 amide bonds. The standard InChI is InChI=1S/C17H19BrClN/c1-10-5-6-14(7-11(10)2)13(4)20-17-9-16(19)12(3)8-15(17)18/h5-9,13,20H,1-4H3. The molecule has 0 radical (unpaired) electrons. The van der Waals surface area contributed by atoms with Crippen LogP contribution in [0, 0.1) is 20.8 Å². The Morgan fingerprint density at radius 1 is 1.00 bits per heavy atom. The quantitative estimate of drug-likeness (QED) is 0.693. The highest BCUT2D eigenvalue weighted by Crippen LogP contribution is 2.32. The van der Waals surface area contributed by atoms with Crippen molar-refractivity contribution in [3.8, 4) is 0 Å². The fraction of sp³-hybridized carbons (Fsp3) is 0.294. The lowest BCUT2D eigenvalue weighted by Crippen LogP contribution is -2.07. The number of aryl methyl sites for hydroxylation is 3. The van der Waals surface area contributed by atoms with Gasteiger partial charge in [-0.1, -0.05) is 29.8 Å². The summed E-state index contributed by atoms with van der Waals surface area (Å²) in [6.07, 6.45) is 0. The lowest BCUT2D eigenvalue weighted by Gasteiger charge is -2.18. The van der Waals surface area contributed by atoms with Crippen LogP contribution in [0.1, 0.15) is 35.2 Å². The van der Waals surface area contributed by atoms with E-state index in [2.05, 4.69) is 60.2 Å². The molecule has 0 aromatic heterocycles. The molecule has 0 aliphatic carbocycles. The first kappa shape index (κ1) is 15.4. The van der Waals surface area contributed by atoms with Gasteiger partial charge in [-0.25, -0.2) is 0 Å². The summed E-state index contributed by atoms with van der Waals surface area (Å²) in [6, 6.07) is 10.8. The van der Waals surface area contributed by atoms with Crippen LogP contribution in [0.25, 0.3) is 0 Å². The molecule has 20 heavy (non-hydrogen) atoms. The van der Waals surface area contributed by atoms with Gasteiger partial charge in [-0.05, 0) is 78.0 Å². The Morgan fingerprint density at radius 3 is 2.35 bits per heavy atom. The summed E-state index contributed by atoms with van der Waals surface area (Å²) >= 11 is 9.79. The molecular weight excluding hydrogens is 334 g/mol. The van der Waals surface area contributed by atoms with Crippen molar-refractivity contribution in [2.45, 2.75) is 33.7 Å². The maximum Gasteiger partial charge on any atom is 0.0504 e. The van der Waals surface area contributed by atoms with Crippen molar-refractivity contribution >= 4 is 33.2 Å². The van der Waals surface area contributed by atoms with Crippen LogP contribution in [0.3, 0.4) is 0 Å². The summed E-state index contributed by atoms with van der Waals surface area (Å²) in [5.41, 5.74) is 6.00. The first-order valence-corrected chi connectivity index (χ1v) is 7.85. The summed E-state index contributed by atoms with van der Waals surface area (Å²) in [7, 11) is 0. The molecule has 1 N–H and O–H groups in total. The lowest BCUT2D eigenvalue weighted by molar-refractivity contribution is 0.880. The van der Waals surface area contributed by atoms with Gasteiger partial charge in [-0.3, -0.25) is 0 Å². The maximum atomic E-state index is 6.20. The number of benzene rings is 2. The van der Waals surface area contributed by atoms with E-state index in [9.17, 15) is 0 Å². The highest BCUT2D eigenvalue weighted by Gasteiger charge is 2.10. The van der Waals surface area contributed by atoms with E-state index in [-0.39, 0.29) is 6.04 Å². The Morgan fingerprint density at radius 2 is 1.70 bits per heavy atom. The Kier molecular flexibility index (Phi) is 4.77. The molecule has 0 saturated heterocycles. The maximum absolute atomic E-state index is 6.20. The summed E-state index contributed by atoms with van der Waals surface area (Å²) < 4.78 is 1.04. The third-order valence-electron chi connectivity index (χ3n) is 3.65. The van der Waals surface area contributed by atoms with Crippen molar-refractivity contribution in [3.05, 3.63) is 62.1 Å². The molecule has 2 aromatic carbocycles. The number of hydrogen-bond acceptors (Lipinski definition) is 1. The predicted octanol–water partition coefficient (Wildman–Crippen LogP) is 6.20. The van der Waals surface area contributed by atoms with Crippen LogP contribution in [0.15, 0.2) is 34.8 Å². The molecule has 106 valence electrons. The minimum Gasteiger partial charge on any atom is -0.378 e. The number of anilines is 1. The number of rotatable bonds is 3. The van der Waals surface area contributed by atoms with Crippen LogP contribution in [0.4, 0.5) is 5.69 Å². The van der Waals surface area contributed by atoms with E-state index in [0.717, 1.165) is 20.7 Å². The fourth-order valence-electron chi connectivity index (χ4n) is 2.11. The minimum atomic E-state index is 0.226. The van der Waals surface area contributed by atoms with Crippen LogP contribution in [0.5, 0.6) is 0 Å². The van der Waals surface area contributed by atoms with E-state index in [0.29, 0.717) is 0 Å². The van der Waals surface area contributed by atoms with Crippen LogP contribution in [0.2, 0.25) is 5.02 Å². The zero-order valence-corrected chi connectivity index (χ0v) is 14.6. The summed E-state index contributed by atoms with van der Waals surface area (Å²) in [6.45, 7) is 8.44. The van der Waals surface area contributed by atoms with Crippen molar-refractivity contribution in [1.29, 1.82) is 0 Å². The Bertz CT molecular complexity index is 637. The van der Waals surface area contributed by atoms with E-state index >= 15 is 0 Å². The van der Waals surface area contributed by atoms with Gasteiger partial charge in [0.25, 0.3) is 0 Å². The number of hydrogen-bond donors (Lipinski definition) is 1. The molecule has 1 nitrogen and oxygen atoms in total. The van der Waals surface area contributed by atoms with E-state index in [1.807, 2.05) is 19.1 Å². The molecule has 0 fully saturated rings. The van der Waals surface area contributed by atoms with E-state index < -0.39 is 0 Å². The number of halogens is 2. The largest absolute Gasteiger partial charge is 0.378 e. The zero-order valence-electron chi connectivity index (χ0n) is 12.2. The van der Waals surface area contributed by atoms with Crippen molar-refractivity contribution in [1.82, 2.24) is 0 Å². The molecule has 0 heterocycles. The fourth-order valence-corrected chi connectivity index (χ4v) is 2.84. The molecule has 0 aliphatic rings. The molecule has 0 spiro atoms. The second-order valence-electron chi connectivity index (χ2n) is 5.29. The smallest absolute Gasteiger partial charge is 0.0504 e. The second kappa shape index (κ2) is 6.19. The van der Waals surface area contributed by atoms with Crippen LogP contribution < -0.4 is 5.32 Å². The third-order valence-corrected chi connectivity index (χ3v) is 4.71. The first-order valence-electron chi connectivity index (χ1n) is 6.68. The molecule has 0 aliphatic heterocycles. The molecule has 3 heteroatoms. The van der Waals surface area contributed by atoms with Crippen molar-refractivity contribution in [2.24, 2.45) is 0 Å². The van der Waals surface area contributed by atoms with Gasteiger partial charge in [0, 0.05) is 15.5 Å². The molecule has 0 bridgehead atoms. The molecule has 2 aromatic rings. The SMILES string of the molecule is Cc1ccc(C(C)Nc2cc(Cl)c(C)cc2Br)cc1C. The van der Waals surface area contributed by atoms with Crippen molar-refractivity contribution < 1.29 is 0 Å². The van der Waals surface area contributed by atoms with Crippen LogP contribution in [-0.2, 0) is 0 Å². The van der Waals surface area contributed by atoms with E-state index in [1.54, 1.807) is 0 Å². The van der Waals surface area contributed by atoms with Gasteiger partial charge in [-0.15, -0.1) is 0 Å². The van der Waals surface area contributed by atoms with Gasteiger partial charge in [0.2, 0.25) is 0 Å². The Balaban J connectivity index is 2.25. The Hall–Kier alpha value is -0.990. The molecule has 1 unspecified atom stereocenters. The first-order chi connectivity index (χ1) is 9.38. The van der Waals surface area contributed by atoms with Crippen molar-refractivity contribution in [2.75, 3.05) is 5.32 Å². The molecular formula is C17H19BrClN. The summed E-state index contributed by atoms with van der Waals surface area (Å²) in [5, 5.41) is 4.29. The van der Waals surface area contributed by atoms with Gasteiger partial charge < -0.3 is 5.32 Å². The summed E-state index contributed by atoms with van der Waals surface area (Å²) in [5.74, 6) is 0. The van der Waals surface area contributed by atoms with Gasteiger partial charge in [0.1, 0.15) is 0 Å². The van der Waals surface area contributed by atoms with Gasteiger partial charge in [-0.2, -0.15) is 0 Å². The minimum absolute atomic E-state index is 0.226. The van der Waals surface area contributed by atoms with Crippen LogP contribution >= 0.6 is 27.5 Å². The van der Waals surface area contributed by atoms with E-state index in [4.69, 9.17) is 11.6 Å². The number of nitrogens with one attached hydrogen (secondary N) is 1. The van der Waals surface area contributed by atoms with E-state index in [1.165, 1.54) is 16.7 Å². The highest BCUT2D eigenvalue weighted by atomic mass is 79.9.